The maximum Gasteiger partial charge on any atom is 0.255 e. The van der Waals surface area contributed by atoms with Crippen molar-refractivity contribution in [2.45, 2.75) is 20.3 Å². The lowest BCUT2D eigenvalue weighted by Crippen LogP contribution is -2.32. The van der Waals surface area contributed by atoms with Gasteiger partial charge < -0.3 is 19.7 Å². The van der Waals surface area contributed by atoms with Crippen LogP contribution in [0, 0.1) is 5.92 Å². The standard InChI is InChI=1S/C21H24N2O4/c1-13(2)21(25)23-8-7-14-9-16(5-6-19(14)23)22-20(24)15-10-17(26-3)12-18(11-15)27-4/h5-6,9-13H,7-8H2,1-4H3,(H,22,24). The monoisotopic (exact) mass is 368 g/mol. The molecule has 142 valence electrons. The predicted octanol–water partition coefficient (Wildman–Crippen LogP) is 3.50. The summed E-state index contributed by atoms with van der Waals surface area (Å²) >= 11 is 0. The molecule has 0 radical (unpaired) electrons. The van der Waals surface area contributed by atoms with Gasteiger partial charge in [-0.1, -0.05) is 13.8 Å². The van der Waals surface area contributed by atoms with Gasteiger partial charge in [0.15, 0.2) is 0 Å². The van der Waals surface area contributed by atoms with Crippen LogP contribution in [-0.2, 0) is 11.2 Å². The van der Waals surface area contributed by atoms with Gasteiger partial charge in [-0.05, 0) is 42.3 Å². The Bertz CT molecular complexity index is 854. The molecule has 0 spiro atoms. The molecule has 0 aliphatic carbocycles. The van der Waals surface area contributed by atoms with Gasteiger partial charge in [0, 0.05) is 35.5 Å². The highest BCUT2D eigenvalue weighted by Crippen LogP contribution is 2.32. The van der Waals surface area contributed by atoms with E-state index >= 15 is 0 Å². The number of benzene rings is 2. The normalized spacial score (nSPS) is 12.7. The Morgan fingerprint density at radius 3 is 2.30 bits per heavy atom. The number of carbonyl (C=O) groups is 2. The Morgan fingerprint density at radius 2 is 1.70 bits per heavy atom. The molecule has 0 bridgehead atoms. The summed E-state index contributed by atoms with van der Waals surface area (Å²) in [5.41, 5.74) is 3.13. The maximum absolute atomic E-state index is 12.6. The van der Waals surface area contributed by atoms with Gasteiger partial charge in [-0.3, -0.25) is 9.59 Å². The van der Waals surface area contributed by atoms with Crippen molar-refractivity contribution in [2.24, 2.45) is 5.92 Å². The van der Waals surface area contributed by atoms with Gasteiger partial charge in [0.2, 0.25) is 5.91 Å². The first-order chi connectivity index (χ1) is 12.9. The molecule has 0 saturated heterocycles. The highest BCUT2D eigenvalue weighted by Gasteiger charge is 2.26. The minimum Gasteiger partial charge on any atom is -0.497 e. The van der Waals surface area contributed by atoms with Crippen LogP contribution in [-0.4, -0.2) is 32.6 Å². The van der Waals surface area contributed by atoms with Gasteiger partial charge in [0.25, 0.3) is 5.91 Å². The summed E-state index contributed by atoms with van der Waals surface area (Å²) in [6, 6.07) is 10.7. The van der Waals surface area contributed by atoms with Crippen LogP contribution in [0.4, 0.5) is 11.4 Å². The lowest BCUT2D eigenvalue weighted by molar-refractivity contribution is -0.121. The number of anilines is 2. The molecule has 6 heteroatoms. The van der Waals surface area contributed by atoms with Crippen LogP contribution in [0.1, 0.15) is 29.8 Å². The second kappa shape index (κ2) is 7.70. The molecule has 2 aromatic rings. The van der Waals surface area contributed by atoms with E-state index in [-0.39, 0.29) is 17.7 Å². The Hall–Kier alpha value is -3.02. The lowest BCUT2D eigenvalue weighted by Gasteiger charge is -2.19. The van der Waals surface area contributed by atoms with E-state index in [1.165, 1.54) is 0 Å². The molecular formula is C21H24N2O4. The van der Waals surface area contributed by atoms with Gasteiger partial charge in [-0.2, -0.15) is 0 Å². The van der Waals surface area contributed by atoms with E-state index in [1.54, 1.807) is 32.4 Å². The SMILES string of the molecule is COc1cc(OC)cc(C(=O)Nc2ccc3c(c2)CCN3C(=O)C(C)C)c1. The number of hydrogen-bond donors (Lipinski definition) is 1. The number of fused-ring (bicyclic) bond motifs is 1. The second-order valence-corrected chi connectivity index (χ2v) is 6.79. The molecule has 0 fully saturated rings. The largest absolute Gasteiger partial charge is 0.497 e. The number of rotatable bonds is 5. The van der Waals surface area contributed by atoms with Crippen molar-refractivity contribution in [3.8, 4) is 11.5 Å². The predicted molar refractivity (Wildman–Crippen MR) is 105 cm³/mol. The fourth-order valence-corrected chi connectivity index (χ4v) is 3.16. The van der Waals surface area contributed by atoms with E-state index in [4.69, 9.17) is 9.47 Å². The first-order valence-corrected chi connectivity index (χ1v) is 8.91. The fraction of sp³-hybridized carbons (Fsp3) is 0.333. The molecule has 3 rings (SSSR count). The van der Waals surface area contributed by atoms with Crippen LogP contribution >= 0.6 is 0 Å². The number of ether oxygens (including phenoxy) is 2. The Kier molecular flexibility index (Phi) is 5.35. The molecule has 1 N–H and O–H groups in total. The summed E-state index contributed by atoms with van der Waals surface area (Å²) in [4.78, 5) is 26.8. The molecule has 2 aromatic carbocycles. The maximum atomic E-state index is 12.6. The minimum atomic E-state index is -0.250. The zero-order valence-corrected chi connectivity index (χ0v) is 16.0. The van der Waals surface area contributed by atoms with E-state index < -0.39 is 0 Å². The molecule has 1 aliphatic rings. The van der Waals surface area contributed by atoms with Crippen molar-refractivity contribution < 1.29 is 19.1 Å². The lowest BCUT2D eigenvalue weighted by atomic mass is 10.1. The highest BCUT2D eigenvalue weighted by molar-refractivity contribution is 6.05. The first-order valence-electron chi connectivity index (χ1n) is 8.91. The second-order valence-electron chi connectivity index (χ2n) is 6.79. The smallest absolute Gasteiger partial charge is 0.255 e. The van der Waals surface area contributed by atoms with E-state index in [0.29, 0.717) is 29.3 Å². The molecule has 0 atom stereocenters. The molecule has 1 heterocycles. The summed E-state index contributed by atoms with van der Waals surface area (Å²) in [5, 5.41) is 2.90. The summed E-state index contributed by atoms with van der Waals surface area (Å²) in [6.07, 6.45) is 0.782. The van der Waals surface area contributed by atoms with Crippen LogP contribution in [0.5, 0.6) is 11.5 Å². The summed E-state index contributed by atoms with van der Waals surface area (Å²) in [5.74, 6) is 0.931. The van der Waals surface area contributed by atoms with Crippen molar-refractivity contribution in [1.82, 2.24) is 0 Å². The molecule has 27 heavy (non-hydrogen) atoms. The van der Waals surface area contributed by atoms with Crippen molar-refractivity contribution >= 4 is 23.2 Å². The third-order valence-electron chi connectivity index (χ3n) is 4.61. The van der Waals surface area contributed by atoms with E-state index in [1.807, 2.05) is 36.9 Å². The van der Waals surface area contributed by atoms with E-state index in [9.17, 15) is 9.59 Å². The van der Waals surface area contributed by atoms with Crippen molar-refractivity contribution in [2.75, 3.05) is 31.0 Å². The topological polar surface area (TPSA) is 67.9 Å². The third-order valence-corrected chi connectivity index (χ3v) is 4.61. The van der Waals surface area contributed by atoms with Gasteiger partial charge in [-0.25, -0.2) is 0 Å². The number of methoxy groups -OCH3 is 2. The Labute approximate surface area is 159 Å². The van der Waals surface area contributed by atoms with Gasteiger partial charge in [0.1, 0.15) is 11.5 Å². The molecule has 1 aliphatic heterocycles. The van der Waals surface area contributed by atoms with Crippen molar-refractivity contribution in [3.63, 3.8) is 0 Å². The van der Waals surface area contributed by atoms with Crippen molar-refractivity contribution in [3.05, 3.63) is 47.5 Å². The third kappa shape index (κ3) is 3.89. The quantitative estimate of drug-likeness (QED) is 0.877. The van der Waals surface area contributed by atoms with E-state index in [2.05, 4.69) is 5.32 Å². The number of nitrogens with one attached hydrogen (secondary N) is 1. The molecule has 0 aromatic heterocycles. The van der Waals surface area contributed by atoms with Gasteiger partial charge in [0.05, 0.1) is 14.2 Å². The zero-order chi connectivity index (χ0) is 19.6. The van der Waals surface area contributed by atoms with Crippen LogP contribution in [0.2, 0.25) is 0 Å². The molecular weight excluding hydrogens is 344 g/mol. The summed E-state index contributed by atoms with van der Waals surface area (Å²) in [7, 11) is 3.09. The number of hydrogen-bond acceptors (Lipinski definition) is 4. The van der Waals surface area contributed by atoms with E-state index in [0.717, 1.165) is 17.7 Å². The first kappa shape index (κ1) is 18.8. The van der Waals surface area contributed by atoms with Crippen LogP contribution in [0.15, 0.2) is 36.4 Å². The Morgan fingerprint density at radius 1 is 1.04 bits per heavy atom. The van der Waals surface area contributed by atoms with Gasteiger partial charge in [-0.15, -0.1) is 0 Å². The number of amides is 2. The van der Waals surface area contributed by atoms with Gasteiger partial charge >= 0.3 is 0 Å². The van der Waals surface area contributed by atoms with Crippen LogP contribution in [0.25, 0.3) is 0 Å². The average molecular weight is 368 g/mol. The zero-order valence-electron chi connectivity index (χ0n) is 16.0. The molecule has 6 nitrogen and oxygen atoms in total. The molecule has 0 unspecified atom stereocenters. The Balaban J connectivity index is 1.80. The van der Waals surface area contributed by atoms with Crippen LogP contribution < -0.4 is 19.7 Å². The average Bonchev–Trinajstić information content (AvgIpc) is 3.09. The summed E-state index contributed by atoms with van der Waals surface area (Å²) in [6.45, 7) is 4.48. The fourth-order valence-electron chi connectivity index (χ4n) is 3.16. The molecule has 0 saturated carbocycles. The molecule has 2 amide bonds. The summed E-state index contributed by atoms with van der Waals surface area (Å²) < 4.78 is 10.4. The number of carbonyl (C=O) groups excluding carboxylic acids is 2. The van der Waals surface area contributed by atoms with Crippen LogP contribution in [0.3, 0.4) is 0 Å². The van der Waals surface area contributed by atoms with Crippen molar-refractivity contribution in [1.29, 1.82) is 0 Å². The minimum absolute atomic E-state index is 0.0432. The highest BCUT2D eigenvalue weighted by atomic mass is 16.5. The number of nitrogens with zero attached hydrogens (tertiary/aromatic N) is 1.